The highest BCUT2D eigenvalue weighted by Gasteiger charge is 2.07. The quantitative estimate of drug-likeness (QED) is 0.826. The lowest BCUT2D eigenvalue weighted by Crippen LogP contribution is -1.94. The number of aliphatic hydroxyl groups excluding tert-OH is 1. The topological polar surface area (TPSA) is 20.2 Å². The molecule has 2 rings (SSSR count). The summed E-state index contributed by atoms with van der Waals surface area (Å²) in [6.45, 7) is 6.34. The van der Waals surface area contributed by atoms with Gasteiger partial charge in [-0.05, 0) is 43.0 Å². The van der Waals surface area contributed by atoms with Crippen molar-refractivity contribution in [3.63, 3.8) is 0 Å². The minimum Gasteiger partial charge on any atom is -0.392 e. The van der Waals surface area contributed by atoms with Crippen LogP contribution in [0.5, 0.6) is 0 Å². The van der Waals surface area contributed by atoms with E-state index in [0.717, 1.165) is 16.7 Å². The van der Waals surface area contributed by atoms with Gasteiger partial charge < -0.3 is 5.11 Å². The van der Waals surface area contributed by atoms with Crippen molar-refractivity contribution < 1.29 is 5.11 Å². The fourth-order valence-electron chi connectivity index (χ4n) is 2.31. The molecule has 0 spiro atoms. The van der Waals surface area contributed by atoms with E-state index < -0.39 is 0 Å². The molecule has 0 atom stereocenters. The van der Waals surface area contributed by atoms with Crippen LogP contribution in [0.4, 0.5) is 0 Å². The maximum Gasteiger partial charge on any atom is 0.0690 e. The molecule has 0 amide bonds. The first kappa shape index (κ1) is 11.9. The molecule has 0 aliphatic heterocycles. The Balaban J connectivity index is 2.63. The SMILES string of the molecule is Cc1cc(C)cc(-c2cccc(C)c2CO)c1. The highest BCUT2D eigenvalue weighted by molar-refractivity contribution is 5.69. The van der Waals surface area contributed by atoms with Crippen LogP contribution >= 0.6 is 0 Å². The third-order valence-corrected chi connectivity index (χ3v) is 3.10. The maximum atomic E-state index is 9.50. The minimum atomic E-state index is 0.0923. The lowest BCUT2D eigenvalue weighted by Gasteiger charge is -2.12. The third kappa shape index (κ3) is 2.40. The molecule has 1 N–H and O–H groups in total. The Labute approximate surface area is 103 Å². The molecule has 2 aromatic carbocycles. The van der Waals surface area contributed by atoms with E-state index in [-0.39, 0.29) is 6.61 Å². The molecule has 0 aliphatic carbocycles. The van der Waals surface area contributed by atoms with E-state index in [2.05, 4.69) is 38.1 Å². The van der Waals surface area contributed by atoms with Crippen molar-refractivity contribution >= 4 is 0 Å². The summed E-state index contributed by atoms with van der Waals surface area (Å²) in [6.07, 6.45) is 0. The van der Waals surface area contributed by atoms with Crippen LogP contribution < -0.4 is 0 Å². The van der Waals surface area contributed by atoms with Gasteiger partial charge in [-0.25, -0.2) is 0 Å². The molecule has 1 heteroatoms. The maximum absolute atomic E-state index is 9.50. The first-order valence-corrected chi connectivity index (χ1v) is 5.90. The fraction of sp³-hybridized carbons (Fsp3) is 0.250. The highest BCUT2D eigenvalue weighted by atomic mass is 16.3. The van der Waals surface area contributed by atoms with Crippen LogP contribution in [-0.4, -0.2) is 5.11 Å². The van der Waals surface area contributed by atoms with E-state index in [9.17, 15) is 5.11 Å². The molecule has 2 aromatic rings. The van der Waals surface area contributed by atoms with Crippen molar-refractivity contribution in [2.75, 3.05) is 0 Å². The van der Waals surface area contributed by atoms with E-state index in [1.165, 1.54) is 16.7 Å². The normalized spacial score (nSPS) is 10.6. The van der Waals surface area contributed by atoms with Crippen LogP contribution in [0.1, 0.15) is 22.3 Å². The van der Waals surface area contributed by atoms with Crippen molar-refractivity contribution in [2.24, 2.45) is 0 Å². The summed E-state index contributed by atoms with van der Waals surface area (Å²) in [5, 5.41) is 9.50. The summed E-state index contributed by atoms with van der Waals surface area (Å²) in [5.74, 6) is 0. The Morgan fingerprint density at radius 1 is 0.941 bits per heavy atom. The lowest BCUT2D eigenvalue weighted by atomic mass is 9.94. The molecule has 17 heavy (non-hydrogen) atoms. The second kappa shape index (κ2) is 4.72. The third-order valence-electron chi connectivity index (χ3n) is 3.10. The Bertz CT molecular complexity index is 521. The lowest BCUT2D eigenvalue weighted by molar-refractivity contribution is 0.281. The Kier molecular flexibility index (Phi) is 3.30. The van der Waals surface area contributed by atoms with Crippen LogP contribution in [-0.2, 0) is 6.61 Å². The molecule has 0 saturated heterocycles. The zero-order chi connectivity index (χ0) is 12.4. The number of aryl methyl sites for hydroxylation is 3. The molecule has 0 unspecified atom stereocenters. The van der Waals surface area contributed by atoms with Gasteiger partial charge >= 0.3 is 0 Å². The first-order valence-electron chi connectivity index (χ1n) is 5.90. The number of benzene rings is 2. The number of hydrogen-bond acceptors (Lipinski definition) is 1. The molecule has 0 heterocycles. The average Bonchev–Trinajstić information content (AvgIpc) is 2.27. The number of rotatable bonds is 2. The fourth-order valence-corrected chi connectivity index (χ4v) is 2.31. The predicted molar refractivity (Wildman–Crippen MR) is 72.0 cm³/mol. The highest BCUT2D eigenvalue weighted by Crippen LogP contribution is 2.27. The van der Waals surface area contributed by atoms with Crippen molar-refractivity contribution in [1.82, 2.24) is 0 Å². The Hall–Kier alpha value is -1.60. The second-order valence-corrected chi connectivity index (χ2v) is 4.64. The van der Waals surface area contributed by atoms with E-state index in [4.69, 9.17) is 0 Å². The van der Waals surface area contributed by atoms with E-state index in [0.29, 0.717) is 0 Å². The number of aliphatic hydroxyl groups is 1. The van der Waals surface area contributed by atoms with Crippen LogP contribution in [0, 0.1) is 20.8 Å². The zero-order valence-corrected chi connectivity index (χ0v) is 10.6. The van der Waals surface area contributed by atoms with Gasteiger partial charge in [0.05, 0.1) is 6.61 Å². The van der Waals surface area contributed by atoms with Gasteiger partial charge in [-0.15, -0.1) is 0 Å². The van der Waals surface area contributed by atoms with Gasteiger partial charge in [-0.3, -0.25) is 0 Å². The summed E-state index contributed by atoms with van der Waals surface area (Å²) in [4.78, 5) is 0. The molecule has 88 valence electrons. The molecule has 0 aliphatic rings. The standard InChI is InChI=1S/C16H18O/c1-11-7-12(2)9-14(8-11)15-6-4-5-13(3)16(15)10-17/h4-9,17H,10H2,1-3H3. The van der Waals surface area contributed by atoms with E-state index in [1.54, 1.807) is 0 Å². The smallest absolute Gasteiger partial charge is 0.0690 e. The van der Waals surface area contributed by atoms with Gasteiger partial charge in [-0.2, -0.15) is 0 Å². The Morgan fingerprint density at radius 3 is 2.18 bits per heavy atom. The second-order valence-electron chi connectivity index (χ2n) is 4.64. The molecule has 0 saturated carbocycles. The summed E-state index contributed by atoms with van der Waals surface area (Å²) in [6, 6.07) is 12.7. The molecular weight excluding hydrogens is 208 g/mol. The van der Waals surface area contributed by atoms with E-state index in [1.807, 2.05) is 19.1 Å². The van der Waals surface area contributed by atoms with Gasteiger partial charge in [0.2, 0.25) is 0 Å². The summed E-state index contributed by atoms with van der Waals surface area (Å²) in [5.41, 5.74) is 7.01. The van der Waals surface area contributed by atoms with Crippen molar-refractivity contribution in [2.45, 2.75) is 27.4 Å². The van der Waals surface area contributed by atoms with Gasteiger partial charge in [0.25, 0.3) is 0 Å². The summed E-state index contributed by atoms with van der Waals surface area (Å²) < 4.78 is 0. The van der Waals surface area contributed by atoms with Gasteiger partial charge in [-0.1, -0.05) is 47.5 Å². The van der Waals surface area contributed by atoms with Gasteiger partial charge in [0.15, 0.2) is 0 Å². The average molecular weight is 226 g/mol. The van der Waals surface area contributed by atoms with Gasteiger partial charge in [0.1, 0.15) is 0 Å². The van der Waals surface area contributed by atoms with Crippen LogP contribution in [0.15, 0.2) is 36.4 Å². The molecule has 0 fully saturated rings. The van der Waals surface area contributed by atoms with Crippen molar-refractivity contribution in [3.8, 4) is 11.1 Å². The molecule has 0 aromatic heterocycles. The van der Waals surface area contributed by atoms with Gasteiger partial charge in [0, 0.05) is 0 Å². The largest absolute Gasteiger partial charge is 0.392 e. The molecular formula is C16H18O. The summed E-state index contributed by atoms with van der Waals surface area (Å²) in [7, 11) is 0. The molecule has 0 bridgehead atoms. The first-order chi connectivity index (χ1) is 8.11. The number of hydrogen-bond donors (Lipinski definition) is 1. The zero-order valence-electron chi connectivity index (χ0n) is 10.6. The van der Waals surface area contributed by atoms with Crippen molar-refractivity contribution in [3.05, 3.63) is 58.7 Å². The molecule has 1 nitrogen and oxygen atoms in total. The monoisotopic (exact) mass is 226 g/mol. The summed E-state index contributed by atoms with van der Waals surface area (Å²) >= 11 is 0. The van der Waals surface area contributed by atoms with Crippen LogP contribution in [0.2, 0.25) is 0 Å². The minimum absolute atomic E-state index is 0.0923. The predicted octanol–water partition coefficient (Wildman–Crippen LogP) is 3.77. The van der Waals surface area contributed by atoms with Crippen molar-refractivity contribution in [1.29, 1.82) is 0 Å². The molecule has 0 radical (unpaired) electrons. The van der Waals surface area contributed by atoms with Crippen LogP contribution in [0.25, 0.3) is 11.1 Å². The van der Waals surface area contributed by atoms with Crippen LogP contribution in [0.3, 0.4) is 0 Å². The van der Waals surface area contributed by atoms with E-state index >= 15 is 0 Å². The Morgan fingerprint density at radius 2 is 1.59 bits per heavy atom.